The Kier molecular flexibility index (Phi) is 8.37. The minimum atomic E-state index is -0.338. The highest BCUT2D eigenvalue weighted by molar-refractivity contribution is 8.00. The number of aromatic nitrogens is 1. The van der Waals surface area contributed by atoms with Crippen LogP contribution in [0.15, 0.2) is 102 Å². The molecule has 1 aromatic heterocycles. The lowest BCUT2D eigenvalue weighted by Gasteiger charge is -2.39. The molecule has 7 heteroatoms. The van der Waals surface area contributed by atoms with Gasteiger partial charge in [-0.1, -0.05) is 55.8 Å². The molecule has 3 aromatic carbocycles. The molecule has 0 bridgehead atoms. The number of ether oxygens (including phenoxy) is 1. The third kappa shape index (κ3) is 5.73. The van der Waals surface area contributed by atoms with Crippen LogP contribution in [0.4, 0.5) is 5.69 Å². The second kappa shape index (κ2) is 12.3. The lowest BCUT2D eigenvalue weighted by atomic mass is 9.97. The highest BCUT2D eigenvalue weighted by atomic mass is 32.2. The molecule has 4 aromatic rings. The van der Waals surface area contributed by atoms with Crippen molar-refractivity contribution < 1.29 is 14.3 Å². The number of benzene rings is 3. The predicted octanol–water partition coefficient (Wildman–Crippen LogP) is 6.34. The van der Waals surface area contributed by atoms with E-state index in [0.717, 1.165) is 46.1 Å². The molecule has 39 heavy (non-hydrogen) atoms. The smallest absolute Gasteiger partial charge is 0.247 e. The van der Waals surface area contributed by atoms with Crippen LogP contribution in [-0.2, 0) is 9.59 Å². The van der Waals surface area contributed by atoms with E-state index >= 15 is 0 Å². The van der Waals surface area contributed by atoms with Crippen molar-refractivity contribution in [2.45, 2.75) is 30.7 Å². The number of hydrogen-bond acceptors (Lipinski definition) is 4. The summed E-state index contributed by atoms with van der Waals surface area (Å²) in [6.07, 6.45) is 3.82. The maximum absolute atomic E-state index is 14.2. The molecule has 5 rings (SSSR count). The zero-order chi connectivity index (χ0) is 27.2. The molecule has 1 aliphatic heterocycles. The molecule has 0 fully saturated rings. The van der Waals surface area contributed by atoms with Crippen molar-refractivity contribution >= 4 is 29.3 Å². The van der Waals surface area contributed by atoms with E-state index in [4.69, 9.17) is 4.74 Å². The molecule has 0 spiro atoms. The summed E-state index contributed by atoms with van der Waals surface area (Å²) < 4.78 is 7.52. The van der Waals surface area contributed by atoms with E-state index in [9.17, 15) is 9.59 Å². The molecule has 0 N–H and O–H groups in total. The van der Waals surface area contributed by atoms with E-state index in [1.54, 1.807) is 12.0 Å². The molecule has 1 unspecified atom stereocenters. The number of amides is 2. The molecule has 2 heterocycles. The lowest BCUT2D eigenvalue weighted by Crippen LogP contribution is -2.47. The number of thioether (sulfide) groups is 1. The monoisotopic (exact) mass is 539 g/mol. The number of fused-ring (bicyclic) bond motifs is 3. The number of unbranched alkanes of at least 4 members (excludes halogenated alkanes) is 1. The molecule has 200 valence electrons. The van der Waals surface area contributed by atoms with Gasteiger partial charge in [0.05, 0.1) is 29.9 Å². The summed E-state index contributed by atoms with van der Waals surface area (Å²) in [6.45, 7) is 2.67. The molecule has 0 saturated heterocycles. The van der Waals surface area contributed by atoms with E-state index in [2.05, 4.69) is 17.6 Å². The summed E-state index contributed by atoms with van der Waals surface area (Å²) in [5, 5.41) is 0. The normalized spacial score (nSPS) is 13.9. The topological polar surface area (TPSA) is 54.8 Å². The van der Waals surface area contributed by atoms with E-state index in [0.29, 0.717) is 12.3 Å². The Balaban J connectivity index is 1.46. The fourth-order valence-electron chi connectivity index (χ4n) is 5.00. The van der Waals surface area contributed by atoms with Crippen LogP contribution < -0.4 is 9.64 Å². The standard InChI is InChI=1S/C32H33N3O3S/c1-3-4-20-33(31(37)23-39-26-11-6-5-7-12-26)22-30(36)35-28-14-9-8-13-27(28)34-21-10-15-29(34)32(35)24-16-18-25(38-2)19-17-24/h5-19,21,32H,3-4,20,22-23H2,1-2H3. The first-order chi connectivity index (χ1) is 19.1. The summed E-state index contributed by atoms with van der Waals surface area (Å²) in [4.78, 5) is 32.3. The van der Waals surface area contributed by atoms with Crippen molar-refractivity contribution in [3.8, 4) is 11.4 Å². The molecular formula is C32H33N3O3S. The van der Waals surface area contributed by atoms with E-state index < -0.39 is 0 Å². The number of methoxy groups -OCH3 is 1. The Bertz CT molecular complexity index is 1420. The van der Waals surface area contributed by atoms with Crippen molar-refractivity contribution in [2.75, 3.05) is 30.9 Å². The first-order valence-corrected chi connectivity index (χ1v) is 14.3. The second-order valence-electron chi connectivity index (χ2n) is 9.50. The molecule has 2 amide bonds. The van der Waals surface area contributed by atoms with Crippen molar-refractivity contribution in [3.05, 3.63) is 108 Å². The fourth-order valence-corrected chi connectivity index (χ4v) is 5.82. The number of rotatable bonds is 10. The van der Waals surface area contributed by atoms with Gasteiger partial charge in [-0.05, 0) is 60.5 Å². The van der Waals surface area contributed by atoms with Gasteiger partial charge < -0.3 is 14.2 Å². The summed E-state index contributed by atoms with van der Waals surface area (Å²) in [5.41, 5.74) is 3.75. The van der Waals surface area contributed by atoms with Gasteiger partial charge >= 0.3 is 0 Å². The SMILES string of the molecule is CCCCN(CC(=O)N1c2ccccc2-n2cccc2C1c1ccc(OC)cc1)C(=O)CSc1ccccc1. The predicted molar refractivity (Wildman–Crippen MR) is 157 cm³/mol. The van der Waals surface area contributed by atoms with E-state index in [1.807, 2.05) is 96.0 Å². The lowest BCUT2D eigenvalue weighted by molar-refractivity contribution is -0.133. The van der Waals surface area contributed by atoms with E-state index in [-0.39, 0.29) is 24.4 Å². The number of hydrogen-bond donors (Lipinski definition) is 0. The van der Waals surface area contributed by atoms with Crippen LogP contribution in [0.25, 0.3) is 5.69 Å². The molecule has 6 nitrogen and oxygen atoms in total. The van der Waals surface area contributed by atoms with Gasteiger partial charge in [-0.15, -0.1) is 11.8 Å². The molecular weight excluding hydrogens is 506 g/mol. The maximum Gasteiger partial charge on any atom is 0.247 e. The van der Waals surface area contributed by atoms with E-state index in [1.165, 1.54) is 11.8 Å². The Labute approximate surface area is 234 Å². The summed E-state index contributed by atoms with van der Waals surface area (Å²) >= 11 is 1.50. The number of nitrogens with zero attached hydrogens (tertiary/aromatic N) is 3. The summed E-state index contributed by atoms with van der Waals surface area (Å²) in [6, 6.07) is 29.4. The Morgan fingerprint density at radius 3 is 2.33 bits per heavy atom. The van der Waals surface area contributed by atoms with Crippen LogP contribution in [0.3, 0.4) is 0 Å². The van der Waals surface area contributed by atoms with Crippen LogP contribution in [0.1, 0.15) is 37.1 Å². The van der Waals surface area contributed by atoms with Gasteiger partial charge in [0.1, 0.15) is 18.3 Å². The van der Waals surface area contributed by atoms with Crippen LogP contribution >= 0.6 is 11.8 Å². The van der Waals surface area contributed by atoms with Crippen LogP contribution in [0, 0.1) is 0 Å². The third-order valence-electron chi connectivity index (χ3n) is 6.99. The average Bonchev–Trinajstić information content (AvgIpc) is 3.48. The minimum Gasteiger partial charge on any atom is -0.497 e. The first kappa shape index (κ1) is 26.6. The van der Waals surface area contributed by atoms with Crippen molar-refractivity contribution in [1.29, 1.82) is 0 Å². The number of anilines is 1. The third-order valence-corrected chi connectivity index (χ3v) is 7.98. The highest BCUT2D eigenvalue weighted by Gasteiger charge is 2.36. The van der Waals surface area contributed by atoms with Gasteiger partial charge in [-0.2, -0.15) is 0 Å². The molecule has 1 aliphatic rings. The molecule has 0 saturated carbocycles. The number of carbonyl (C=O) groups is 2. The fraction of sp³-hybridized carbons (Fsp3) is 0.250. The van der Waals surface area contributed by atoms with Crippen LogP contribution in [0.2, 0.25) is 0 Å². The zero-order valence-corrected chi connectivity index (χ0v) is 23.1. The average molecular weight is 540 g/mol. The van der Waals surface area contributed by atoms with Gasteiger partial charge in [-0.25, -0.2) is 0 Å². The van der Waals surface area contributed by atoms with Crippen molar-refractivity contribution in [2.24, 2.45) is 0 Å². The first-order valence-electron chi connectivity index (χ1n) is 13.3. The van der Waals surface area contributed by atoms with Gasteiger partial charge in [0.15, 0.2) is 0 Å². The number of para-hydroxylation sites is 2. The Morgan fingerprint density at radius 2 is 1.62 bits per heavy atom. The van der Waals surface area contributed by atoms with Crippen molar-refractivity contribution in [1.82, 2.24) is 9.47 Å². The largest absolute Gasteiger partial charge is 0.497 e. The Morgan fingerprint density at radius 1 is 0.897 bits per heavy atom. The second-order valence-corrected chi connectivity index (χ2v) is 10.6. The van der Waals surface area contributed by atoms with Crippen molar-refractivity contribution in [3.63, 3.8) is 0 Å². The summed E-state index contributed by atoms with van der Waals surface area (Å²) in [7, 11) is 1.64. The highest BCUT2D eigenvalue weighted by Crippen LogP contribution is 2.42. The molecule has 0 aliphatic carbocycles. The Hall–Kier alpha value is -3.97. The molecule has 0 radical (unpaired) electrons. The van der Waals surface area contributed by atoms with Gasteiger partial charge in [0, 0.05) is 17.6 Å². The maximum atomic E-state index is 14.2. The number of carbonyl (C=O) groups excluding carboxylic acids is 2. The zero-order valence-electron chi connectivity index (χ0n) is 22.3. The quantitative estimate of drug-likeness (QED) is 0.221. The minimum absolute atomic E-state index is 0.0237. The molecule has 1 atom stereocenters. The van der Waals surface area contributed by atoms with Gasteiger partial charge in [-0.3, -0.25) is 14.5 Å². The van der Waals surface area contributed by atoms with Gasteiger partial charge in [0.2, 0.25) is 11.8 Å². The summed E-state index contributed by atoms with van der Waals surface area (Å²) in [5.74, 6) is 0.920. The van der Waals surface area contributed by atoms with Gasteiger partial charge in [0.25, 0.3) is 0 Å². The van der Waals surface area contributed by atoms with Crippen LogP contribution in [-0.4, -0.2) is 47.2 Å². The van der Waals surface area contributed by atoms with Crippen LogP contribution in [0.5, 0.6) is 5.75 Å².